The molecule has 156 valence electrons. The van der Waals surface area contributed by atoms with Crippen molar-refractivity contribution in [2.24, 2.45) is 0 Å². The predicted molar refractivity (Wildman–Crippen MR) is 123 cm³/mol. The number of fused-ring (bicyclic) bond motifs is 4. The smallest absolute Gasteiger partial charge is 0.202 e. The second-order valence-corrected chi connectivity index (χ2v) is 8.84. The highest BCUT2D eigenvalue weighted by atomic mass is 16.5. The van der Waals surface area contributed by atoms with Gasteiger partial charge in [0.25, 0.3) is 0 Å². The molecule has 5 nitrogen and oxygen atoms in total. The molecule has 1 N–H and O–H groups in total. The summed E-state index contributed by atoms with van der Waals surface area (Å²) in [6, 6.07) is 9.40. The Morgan fingerprint density at radius 2 is 1.93 bits per heavy atom. The summed E-state index contributed by atoms with van der Waals surface area (Å²) in [5.74, 6) is 0.744. The van der Waals surface area contributed by atoms with Crippen molar-refractivity contribution in [3.63, 3.8) is 0 Å². The van der Waals surface area contributed by atoms with Crippen LogP contribution in [-0.4, -0.2) is 36.7 Å². The van der Waals surface area contributed by atoms with Crippen LogP contribution in [0.3, 0.4) is 0 Å². The van der Waals surface area contributed by atoms with Crippen LogP contribution in [0.25, 0.3) is 28.0 Å². The highest BCUT2D eigenvalue weighted by Crippen LogP contribution is 2.40. The molecule has 30 heavy (non-hydrogen) atoms. The Labute approximate surface area is 176 Å². The number of para-hydroxylation sites is 1. The van der Waals surface area contributed by atoms with Crippen LogP contribution in [0, 0.1) is 0 Å². The Kier molecular flexibility index (Phi) is 4.78. The summed E-state index contributed by atoms with van der Waals surface area (Å²) in [7, 11) is 0. The Morgan fingerprint density at radius 3 is 2.77 bits per heavy atom. The van der Waals surface area contributed by atoms with E-state index in [1.807, 2.05) is 56.3 Å². The van der Waals surface area contributed by atoms with Gasteiger partial charge in [-0.15, -0.1) is 0 Å². The molecule has 1 fully saturated rings. The van der Waals surface area contributed by atoms with Gasteiger partial charge in [-0.2, -0.15) is 0 Å². The third-order valence-electron chi connectivity index (χ3n) is 6.07. The van der Waals surface area contributed by atoms with Gasteiger partial charge >= 0.3 is 0 Å². The number of piperidine rings is 1. The van der Waals surface area contributed by atoms with E-state index < -0.39 is 5.60 Å². The van der Waals surface area contributed by atoms with Crippen LogP contribution in [0.4, 0.5) is 5.69 Å². The number of rotatable bonds is 4. The van der Waals surface area contributed by atoms with Crippen molar-refractivity contribution in [2.45, 2.75) is 38.7 Å². The molecule has 1 aromatic heterocycles. The number of hydrogen-bond acceptors (Lipinski definition) is 5. The van der Waals surface area contributed by atoms with Gasteiger partial charge in [-0.3, -0.25) is 4.79 Å². The van der Waals surface area contributed by atoms with Gasteiger partial charge in [0, 0.05) is 19.2 Å². The molecule has 0 atom stereocenters. The third-order valence-corrected chi connectivity index (χ3v) is 6.07. The second-order valence-electron chi connectivity index (χ2n) is 8.84. The zero-order valence-electron chi connectivity index (χ0n) is 17.7. The van der Waals surface area contributed by atoms with Crippen LogP contribution >= 0.6 is 0 Å². The third kappa shape index (κ3) is 3.47. The molecular weight excluding hydrogens is 376 g/mol. The minimum atomic E-state index is -0.400. The quantitative estimate of drug-likeness (QED) is 0.618. The SMILES string of the molecule is CC1(C)C=Cc2c(cc(NCCN3CCCCC3)c3c(=O)c4ccccc4oc23)O1. The Morgan fingerprint density at radius 1 is 1.13 bits per heavy atom. The van der Waals surface area contributed by atoms with Gasteiger partial charge in [0.2, 0.25) is 5.43 Å². The molecule has 0 amide bonds. The first kappa shape index (κ1) is 19.2. The maximum atomic E-state index is 13.4. The van der Waals surface area contributed by atoms with Crippen LogP contribution in [-0.2, 0) is 0 Å². The lowest BCUT2D eigenvalue weighted by Crippen LogP contribution is -2.33. The van der Waals surface area contributed by atoms with Crippen molar-refractivity contribution >= 4 is 33.7 Å². The van der Waals surface area contributed by atoms with Crippen molar-refractivity contribution in [1.29, 1.82) is 0 Å². The molecule has 0 spiro atoms. The van der Waals surface area contributed by atoms with E-state index in [1.165, 1.54) is 19.3 Å². The van der Waals surface area contributed by atoms with Gasteiger partial charge in [-0.1, -0.05) is 18.6 Å². The number of nitrogens with zero attached hydrogens (tertiary/aromatic N) is 1. The molecule has 2 aliphatic heterocycles. The predicted octanol–water partition coefficient (Wildman–Crippen LogP) is 5.03. The summed E-state index contributed by atoms with van der Waals surface area (Å²) in [4.78, 5) is 15.9. The normalized spacial score (nSPS) is 18.3. The molecule has 0 aliphatic carbocycles. The van der Waals surface area contributed by atoms with Gasteiger partial charge in [-0.05, 0) is 64.1 Å². The van der Waals surface area contributed by atoms with E-state index in [0.29, 0.717) is 21.9 Å². The molecule has 0 bridgehead atoms. The number of likely N-dealkylation sites (tertiary alicyclic amines) is 1. The van der Waals surface area contributed by atoms with Crippen LogP contribution in [0.1, 0.15) is 38.7 Å². The average Bonchev–Trinajstić information content (AvgIpc) is 2.73. The van der Waals surface area contributed by atoms with E-state index in [0.717, 1.165) is 43.2 Å². The van der Waals surface area contributed by atoms with Gasteiger partial charge in [0.1, 0.15) is 16.9 Å². The second kappa shape index (κ2) is 7.47. The molecule has 5 rings (SSSR count). The summed E-state index contributed by atoms with van der Waals surface area (Å²) in [5.41, 5.74) is 2.39. The van der Waals surface area contributed by atoms with E-state index >= 15 is 0 Å². The zero-order chi connectivity index (χ0) is 20.7. The van der Waals surface area contributed by atoms with Crippen LogP contribution in [0.5, 0.6) is 5.75 Å². The minimum absolute atomic E-state index is 0.00615. The number of ether oxygens (including phenoxy) is 1. The summed E-state index contributed by atoms with van der Waals surface area (Å²) < 4.78 is 12.5. The van der Waals surface area contributed by atoms with Gasteiger partial charge in [0.05, 0.1) is 22.0 Å². The minimum Gasteiger partial charge on any atom is -0.483 e. The van der Waals surface area contributed by atoms with E-state index in [2.05, 4.69) is 10.2 Å². The van der Waals surface area contributed by atoms with Crippen molar-refractivity contribution in [2.75, 3.05) is 31.5 Å². The average molecular weight is 405 g/mol. The Bertz CT molecular complexity index is 1190. The molecule has 2 aliphatic rings. The lowest BCUT2D eigenvalue weighted by Gasteiger charge is -2.29. The molecule has 0 saturated carbocycles. The van der Waals surface area contributed by atoms with Crippen LogP contribution in [0.15, 0.2) is 45.6 Å². The first-order valence-corrected chi connectivity index (χ1v) is 10.9. The molecule has 0 radical (unpaired) electrons. The van der Waals surface area contributed by atoms with Crippen molar-refractivity contribution in [1.82, 2.24) is 4.90 Å². The fraction of sp³-hybridized carbons (Fsp3) is 0.400. The van der Waals surface area contributed by atoms with Gasteiger partial charge in [0.15, 0.2) is 5.58 Å². The molecule has 5 heteroatoms. The number of hydrogen-bond donors (Lipinski definition) is 1. The number of nitrogens with one attached hydrogen (secondary N) is 1. The van der Waals surface area contributed by atoms with Crippen molar-refractivity contribution in [3.8, 4) is 5.75 Å². The fourth-order valence-electron chi connectivity index (χ4n) is 4.48. The summed E-state index contributed by atoms with van der Waals surface area (Å²) in [6.07, 6.45) is 7.89. The van der Waals surface area contributed by atoms with Gasteiger partial charge < -0.3 is 19.4 Å². The maximum absolute atomic E-state index is 13.4. The zero-order valence-corrected chi connectivity index (χ0v) is 17.7. The van der Waals surface area contributed by atoms with Crippen molar-refractivity contribution < 1.29 is 9.15 Å². The highest BCUT2D eigenvalue weighted by molar-refractivity contribution is 6.02. The largest absolute Gasteiger partial charge is 0.483 e. The van der Waals surface area contributed by atoms with Crippen LogP contribution < -0.4 is 15.5 Å². The fourth-order valence-corrected chi connectivity index (χ4v) is 4.48. The monoisotopic (exact) mass is 404 g/mol. The van der Waals surface area contributed by atoms with E-state index in [9.17, 15) is 4.79 Å². The van der Waals surface area contributed by atoms with E-state index in [4.69, 9.17) is 9.15 Å². The van der Waals surface area contributed by atoms with Gasteiger partial charge in [-0.25, -0.2) is 0 Å². The first-order valence-electron chi connectivity index (χ1n) is 10.9. The first-order chi connectivity index (χ1) is 14.5. The Hall–Kier alpha value is -2.79. The van der Waals surface area contributed by atoms with Crippen molar-refractivity contribution in [3.05, 3.63) is 52.2 Å². The molecule has 0 unspecified atom stereocenters. The molecule has 3 aromatic rings. The molecule has 3 heterocycles. The number of benzene rings is 2. The van der Waals surface area contributed by atoms with E-state index in [-0.39, 0.29) is 5.43 Å². The maximum Gasteiger partial charge on any atom is 0.202 e. The van der Waals surface area contributed by atoms with E-state index in [1.54, 1.807) is 0 Å². The lowest BCUT2D eigenvalue weighted by atomic mass is 9.99. The molecule has 1 saturated heterocycles. The lowest BCUT2D eigenvalue weighted by molar-refractivity contribution is 0.159. The number of anilines is 1. The van der Waals surface area contributed by atoms with Crippen LogP contribution in [0.2, 0.25) is 0 Å². The summed E-state index contributed by atoms with van der Waals surface area (Å²) >= 11 is 0. The summed E-state index contributed by atoms with van der Waals surface area (Å²) in [6.45, 7) is 8.10. The Balaban J connectivity index is 1.60. The molecule has 2 aromatic carbocycles. The topological polar surface area (TPSA) is 54.7 Å². The standard InChI is InChI=1S/C25H28N2O3/c1-25(2)11-10-18-21(30-25)16-19(26-12-15-27-13-6-3-7-14-27)22-23(28)17-8-4-5-9-20(17)29-24(18)22/h4-5,8-11,16,26H,3,6-7,12-15H2,1-2H3. The highest BCUT2D eigenvalue weighted by Gasteiger charge is 2.26. The summed E-state index contributed by atoms with van der Waals surface area (Å²) in [5, 5.41) is 4.71. The molecular formula is C25H28N2O3.